The molecule has 3 unspecified atom stereocenters. The maximum Gasteiger partial charge on any atom is 0.0922 e. The Morgan fingerprint density at radius 1 is 1.20 bits per heavy atom. The molecule has 1 nitrogen and oxygen atoms in total. The average Bonchev–Trinajstić information content (AvgIpc) is 2.25. The van der Waals surface area contributed by atoms with Crippen LogP contribution in [-0.2, 0) is 5.60 Å². The molecule has 1 aliphatic rings. The fraction of sp³-hybridized carbons (Fsp3) is 0.571. The summed E-state index contributed by atoms with van der Waals surface area (Å²) in [6.45, 7) is 4.45. The molecule has 0 aliphatic heterocycles. The Balaban J connectivity index is 2.27. The Morgan fingerprint density at radius 3 is 2.47 bits per heavy atom. The summed E-state index contributed by atoms with van der Waals surface area (Å²) in [5.74, 6) is 1.12. The first kappa shape index (κ1) is 10.7. The summed E-state index contributed by atoms with van der Waals surface area (Å²) in [7, 11) is 0. The summed E-state index contributed by atoms with van der Waals surface area (Å²) >= 11 is 0. The smallest absolute Gasteiger partial charge is 0.0922 e. The highest BCUT2D eigenvalue weighted by Gasteiger charge is 2.39. The van der Waals surface area contributed by atoms with Crippen molar-refractivity contribution in [2.75, 3.05) is 0 Å². The van der Waals surface area contributed by atoms with Crippen molar-refractivity contribution in [3.63, 3.8) is 0 Å². The van der Waals surface area contributed by atoms with Crippen LogP contribution in [0.2, 0.25) is 0 Å². The molecule has 0 saturated heterocycles. The number of benzene rings is 1. The second kappa shape index (κ2) is 3.97. The summed E-state index contributed by atoms with van der Waals surface area (Å²) in [5.41, 5.74) is 0.498. The van der Waals surface area contributed by atoms with Gasteiger partial charge >= 0.3 is 0 Å². The van der Waals surface area contributed by atoms with Crippen LogP contribution in [0.15, 0.2) is 30.3 Å². The fourth-order valence-corrected chi connectivity index (χ4v) is 2.78. The molecule has 0 spiro atoms. The molecule has 1 N–H and O–H groups in total. The minimum Gasteiger partial charge on any atom is -0.385 e. The maximum absolute atomic E-state index is 10.7. The molecule has 0 bridgehead atoms. The quantitative estimate of drug-likeness (QED) is 0.744. The predicted octanol–water partition coefficient (Wildman–Crippen LogP) is 3.33. The van der Waals surface area contributed by atoms with Gasteiger partial charge < -0.3 is 5.11 Å². The third kappa shape index (κ3) is 1.93. The SMILES string of the molecule is CC1CCC(O)(c2ccccc2)C(C)C1. The van der Waals surface area contributed by atoms with Crippen molar-refractivity contribution in [1.82, 2.24) is 0 Å². The molecule has 2 rings (SSSR count). The van der Waals surface area contributed by atoms with Crippen LogP contribution in [-0.4, -0.2) is 5.11 Å². The highest BCUT2D eigenvalue weighted by Crippen LogP contribution is 2.43. The molecule has 1 fully saturated rings. The van der Waals surface area contributed by atoms with Gasteiger partial charge in [-0.05, 0) is 36.7 Å². The molecule has 82 valence electrons. The van der Waals surface area contributed by atoms with E-state index in [9.17, 15) is 5.11 Å². The molecule has 1 saturated carbocycles. The zero-order valence-electron chi connectivity index (χ0n) is 9.61. The van der Waals surface area contributed by atoms with E-state index in [1.165, 1.54) is 0 Å². The van der Waals surface area contributed by atoms with Crippen molar-refractivity contribution in [3.8, 4) is 0 Å². The lowest BCUT2D eigenvalue weighted by Crippen LogP contribution is -2.38. The van der Waals surface area contributed by atoms with Crippen molar-refractivity contribution in [2.45, 2.75) is 38.7 Å². The Hall–Kier alpha value is -0.820. The van der Waals surface area contributed by atoms with E-state index < -0.39 is 5.60 Å². The van der Waals surface area contributed by atoms with Crippen LogP contribution in [0.1, 0.15) is 38.7 Å². The molecule has 1 aromatic rings. The molecule has 0 heterocycles. The van der Waals surface area contributed by atoms with E-state index in [1.54, 1.807) is 0 Å². The summed E-state index contributed by atoms with van der Waals surface area (Å²) in [6, 6.07) is 10.1. The van der Waals surface area contributed by atoms with Crippen LogP contribution in [0, 0.1) is 11.8 Å². The van der Waals surface area contributed by atoms with E-state index in [0.717, 1.165) is 30.7 Å². The number of rotatable bonds is 1. The molecule has 0 radical (unpaired) electrons. The van der Waals surface area contributed by atoms with Crippen molar-refractivity contribution >= 4 is 0 Å². The predicted molar refractivity (Wildman–Crippen MR) is 62.5 cm³/mol. The number of aliphatic hydroxyl groups is 1. The molecular weight excluding hydrogens is 184 g/mol. The third-order valence-corrected chi connectivity index (χ3v) is 3.86. The first-order valence-electron chi connectivity index (χ1n) is 5.91. The van der Waals surface area contributed by atoms with Crippen molar-refractivity contribution in [3.05, 3.63) is 35.9 Å². The summed E-state index contributed by atoms with van der Waals surface area (Å²) in [5, 5.41) is 10.7. The maximum atomic E-state index is 10.7. The van der Waals surface area contributed by atoms with Gasteiger partial charge in [-0.3, -0.25) is 0 Å². The summed E-state index contributed by atoms with van der Waals surface area (Å²) in [6.07, 6.45) is 3.17. The molecule has 0 aromatic heterocycles. The van der Waals surface area contributed by atoms with Gasteiger partial charge in [-0.15, -0.1) is 0 Å². The zero-order valence-corrected chi connectivity index (χ0v) is 9.61. The Kier molecular flexibility index (Phi) is 2.83. The fourth-order valence-electron chi connectivity index (χ4n) is 2.78. The molecule has 3 atom stereocenters. The van der Waals surface area contributed by atoms with E-state index >= 15 is 0 Å². The van der Waals surface area contributed by atoms with Gasteiger partial charge in [0.05, 0.1) is 5.60 Å². The van der Waals surface area contributed by atoms with E-state index in [-0.39, 0.29) is 0 Å². The molecular formula is C14H20O. The van der Waals surface area contributed by atoms with Gasteiger partial charge in [0, 0.05) is 0 Å². The standard InChI is InChI=1S/C14H20O/c1-11-8-9-14(15,12(2)10-11)13-6-4-3-5-7-13/h3-7,11-12,15H,8-10H2,1-2H3. The van der Waals surface area contributed by atoms with Gasteiger partial charge in [-0.25, -0.2) is 0 Å². The number of hydrogen-bond acceptors (Lipinski definition) is 1. The molecule has 1 heteroatoms. The Morgan fingerprint density at radius 2 is 1.87 bits per heavy atom. The highest BCUT2D eigenvalue weighted by molar-refractivity contribution is 5.23. The van der Waals surface area contributed by atoms with Crippen molar-refractivity contribution in [1.29, 1.82) is 0 Å². The zero-order chi connectivity index (χ0) is 10.9. The average molecular weight is 204 g/mol. The lowest BCUT2D eigenvalue weighted by atomic mass is 9.69. The van der Waals surface area contributed by atoms with Crippen molar-refractivity contribution in [2.24, 2.45) is 11.8 Å². The first-order valence-corrected chi connectivity index (χ1v) is 5.91. The first-order chi connectivity index (χ1) is 7.13. The topological polar surface area (TPSA) is 20.2 Å². The van der Waals surface area contributed by atoms with Crippen LogP contribution in [0.25, 0.3) is 0 Å². The Bertz CT molecular complexity index is 319. The monoisotopic (exact) mass is 204 g/mol. The van der Waals surface area contributed by atoms with Gasteiger partial charge in [0.1, 0.15) is 0 Å². The lowest BCUT2D eigenvalue weighted by molar-refractivity contribution is -0.0587. The van der Waals surface area contributed by atoms with Crippen LogP contribution >= 0.6 is 0 Å². The Labute approximate surface area is 92.1 Å². The van der Waals surface area contributed by atoms with Crippen LogP contribution in [0.5, 0.6) is 0 Å². The molecule has 1 aromatic carbocycles. The summed E-state index contributed by atoms with van der Waals surface area (Å²) < 4.78 is 0. The van der Waals surface area contributed by atoms with Gasteiger partial charge in [0.2, 0.25) is 0 Å². The van der Waals surface area contributed by atoms with Gasteiger partial charge in [-0.1, -0.05) is 44.2 Å². The second-order valence-corrected chi connectivity index (χ2v) is 5.07. The second-order valence-electron chi connectivity index (χ2n) is 5.07. The van der Waals surface area contributed by atoms with Crippen LogP contribution in [0.3, 0.4) is 0 Å². The molecule has 15 heavy (non-hydrogen) atoms. The minimum atomic E-state index is -0.590. The largest absolute Gasteiger partial charge is 0.385 e. The van der Waals surface area contributed by atoms with E-state index in [0.29, 0.717) is 5.92 Å². The highest BCUT2D eigenvalue weighted by atomic mass is 16.3. The van der Waals surface area contributed by atoms with Gasteiger partial charge in [0.15, 0.2) is 0 Å². The lowest BCUT2D eigenvalue weighted by Gasteiger charge is -2.41. The van der Waals surface area contributed by atoms with Gasteiger partial charge in [0.25, 0.3) is 0 Å². The van der Waals surface area contributed by atoms with Crippen LogP contribution < -0.4 is 0 Å². The molecule has 0 amide bonds. The van der Waals surface area contributed by atoms with E-state index in [1.807, 2.05) is 30.3 Å². The summed E-state index contributed by atoms with van der Waals surface area (Å²) in [4.78, 5) is 0. The minimum absolute atomic E-state index is 0.364. The van der Waals surface area contributed by atoms with Crippen LogP contribution in [0.4, 0.5) is 0 Å². The van der Waals surface area contributed by atoms with E-state index in [2.05, 4.69) is 13.8 Å². The normalized spacial score (nSPS) is 36.5. The van der Waals surface area contributed by atoms with Crippen molar-refractivity contribution < 1.29 is 5.11 Å². The number of hydrogen-bond donors (Lipinski definition) is 1. The van der Waals surface area contributed by atoms with E-state index in [4.69, 9.17) is 0 Å². The molecule has 1 aliphatic carbocycles. The third-order valence-electron chi connectivity index (χ3n) is 3.86. The van der Waals surface area contributed by atoms with Gasteiger partial charge in [-0.2, -0.15) is 0 Å².